The molecule has 84 valence electrons. The van der Waals surface area contributed by atoms with Gasteiger partial charge in [-0.2, -0.15) is 0 Å². The summed E-state index contributed by atoms with van der Waals surface area (Å²) in [5, 5.41) is 0. The molecule has 1 rings (SSSR count). The maximum absolute atomic E-state index is 5.60. The molecule has 3 heteroatoms. The van der Waals surface area contributed by atoms with Crippen LogP contribution in [0.1, 0.15) is 39.5 Å². The van der Waals surface area contributed by atoms with Crippen molar-refractivity contribution in [2.45, 2.75) is 45.8 Å². The van der Waals surface area contributed by atoms with Crippen molar-refractivity contribution in [2.75, 3.05) is 19.8 Å². The van der Waals surface area contributed by atoms with E-state index in [1.165, 1.54) is 6.42 Å². The predicted octanol–water partition coefficient (Wildman–Crippen LogP) is 1.90. The SMILES string of the molecule is CCC[C@@](C)(CCCN)C1OCCO1. The van der Waals surface area contributed by atoms with Crippen LogP contribution in [0.4, 0.5) is 0 Å². The first-order valence-corrected chi connectivity index (χ1v) is 5.66. The molecule has 0 amide bonds. The van der Waals surface area contributed by atoms with Crippen molar-refractivity contribution >= 4 is 0 Å². The van der Waals surface area contributed by atoms with Gasteiger partial charge in [0.15, 0.2) is 6.29 Å². The first kappa shape index (κ1) is 12.0. The van der Waals surface area contributed by atoms with Crippen molar-refractivity contribution in [2.24, 2.45) is 11.1 Å². The molecule has 0 aliphatic carbocycles. The molecule has 14 heavy (non-hydrogen) atoms. The number of ether oxygens (including phenoxy) is 2. The Kier molecular flexibility index (Phi) is 4.85. The number of hydrogen-bond donors (Lipinski definition) is 1. The van der Waals surface area contributed by atoms with Crippen LogP contribution in [-0.2, 0) is 9.47 Å². The van der Waals surface area contributed by atoms with Gasteiger partial charge < -0.3 is 15.2 Å². The van der Waals surface area contributed by atoms with E-state index in [4.69, 9.17) is 15.2 Å². The lowest BCUT2D eigenvalue weighted by molar-refractivity contribution is -0.133. The molecular formula is C11H23NO2. The minimum absolute atomic E-state index is 0.00556. The quantitative estimate of drug-likeness (QED) is 0.714. The Morgan fingerprint density at radius 2 is 1.93 bits per heavy atom. The second kappa shape index (κ2) is 5.69. The Bertz CT molecular complexity index is 157. The average Bonchev–Trinajstić information content (AvgIpc) is 2.68. The molecule has 0 aromatic rings. The highest BCUT2D eigenvalue weighted by Gasteiger charge is 2.36. The van der Waals surface area contributed by atoms with Gasteiger partial charge in [0.25, 0.3) is 0 Å². The van der Waals surface area contributed by atoms with Gasteiger partial charge in [0.2, 0.25) is 0 Å². The van der Waals surface area contributed by atoms with Gasteiger partial charge in [0.1, 0.15) is 0 Å². The summed E-state index contributed by atoms with van der Waals surface area (Å²) in [7, 11) is 0. The molecule has 2 N–H and O–H groups in total. The van der Waals surface area contributed by atoms with E-state index in [2.05, 4.69) is 13.8 Å². The molecule has 3 nitrogen and oxygen atoms in total. The van der Waals surface area contributed by atoms with Gasteiger partial charge in [-0.15, -0.1) is 0 Å². The summed E-state index contributed by atoms with van der Waals surface area (Å²) in [4.78, 5) is 0. The first-order valence-electron chi connectivity index (χ1n) is 5.66. The van der Waals surface area contributed by atoms with Gasteiger partial charge in [-0.1, -0.05) is 20.3 Å². The highest BCUT2D eigenvalue weighted by atomic mass is 16.7. The fourth-order valence-corrected chi connectivity index (χ4v) is 2.20. The van der Waals surface area contributed by atoms with Crippen LogP contribution in [0.15, 0.2) is 0 Å². The van der Waals surface area contributed by atoms with Crippen molar-refractivity contribution in [3.63, 3.8) is 0 Å². The fourth-order valence-electron chi connectivity index (χ4n) is 2.20. The van der Waals surface area contributed by atoms with Crippen LogP contribution in [-0.4, -0.2) is 26.0 Å². The van der Waals surface area contributed by atoms with Crippen LogP contribution in [0.25, 0.3) is 0 Å². The molecule has 0 aromatic carbocycles. The first-order chi connectivity index (χ1) is 6.73. The zero-order valence-corrected chi connectivity index (χ0v) is 9.42. The molecule has 1 saturated heterocycles. The highest BCUT2D eigenvalue weighted by molar-refractivity contribution is 4.80. The van der Waals surface area contributed by atoms with E-state index >= 15 is 0 Å². The summed E-state index contributed by atoms with van der Waals surface area (Å²) in [6.45, 7) is 6.70. The zero-order chi connectivity index (χ0) is 10.4. The van der Waals surface area contributed by atoms with Crippen molar-refractivity contribution < 1.29 is 9.47 Å². The van der Waals surface area contributed by atoms with Crippen molar-refractivity contribution in [3.05, 3.63) is 0 Å². The lowest BCUT2D eigenvalue weighted by Gasteiger charge is -2.33. The average molecular weight is 201 g/mol. The molecular weight excluding hydrogens is 178 g/mol. The number of nitrogens with two attached hydrogens (primary N) is 1. The summed E-state index contributed by atoms with van der Waals surface area (Å²) in [6, 6.07) is 0. The third-order valence-electron chi connectivity index (χ3n) is 2.96. The van der Waals surface area contributed by atoms with Gasteiger partial charge in [-0.3, -0.25) is 0 Å². The lowest BCUT2D eigenvalue weighted by atomic mass is 9.80. The van der Waals surface area contributed by atoms with Crippen LogP contribution in [0.5, 0.6) is 0 Å². The molecule has 0 spiro atoms. The third-order valence-corrected chi connectivity index (χ3v) is 2.96. The molecule has 0 bridgehead atoms. The maximum Gasteiger partial charge on any atom is 0.163 e. The highest BCUT2D eigenvalue weighted by Crippen LogP contribution is 2.36. The molecule has 1 fully saturated rings. The molecule has 0 unspecified atom stereocenters. The monoisotopic (exact) mass is 201 g/mol. The van der Waals surface area contributed by atoms with Crippen molar-refractivity contribution in [3.8, 4) is 0 Å². The van der Waals surface area contributed by atoms with Gasteiger partial charge >= 0.3 is 0 Å². The number of hydrogen-bond acceptors (Lipinski definition) is 3. The third kappa shape index (κ3) is 2.94. The second-order valence-corrected chi connectivity index (χ2v) is 4.37. The topological polar surface area (TPSA) is 44.5 Å². The summed E-state index contributed by atoms with van der Waals surface area (Å²) in [5.41, 5.74) is 5.71. The summed E-state index contributed by atoms with van der Waals surface area (Å²) < 4.78 is 11.2. The van der Waals surface area contributed by atoms with E-state index in [0.717, 1.165) is 39.0 Å². The Morgan fingerprint density at radius 1 is 1.29 bits per heavy atom. The van der Waals surface area contributed by atoms with Crippen molar-refractivity contribution in [1.29, 1.82) is 0 Å². The van der Waals surface area contributed by atoms with Crippen LogP contribution in [0, 0.1) is 5.41 Å². The summed E-state index contributed by atoms with van der Waals surface area (Å²) in [5.74, 6) is 0. The number of rotatable bonds is 6. The largest absolute Gasteiger partial charge is 0.350 e. The van der Waals surface area contributed by atoms with E-state index in [0.29, 0.717) is 0 Å². The van der Waals surface area contributed by atoms with E-state index in [-0.39, 0.29) is 11.7 Å². The Hall–Kier alpha value is -0.120. The summed E-state index contributed by atoms with van der Waals surface area (Å²) >= 11 is 0. The molecule has 1 aliphatic rings. The normalized spacial score (nSPS) is 22.5. The zero-order valence-electron chi connectivity index (χ0n) is 9.42. The molecule has 0 saturated carbocycles. The van der Waals surface area contributed by atoms with E-state index in [9.17, 15) is 0 Å². The van der Waals surface area contributed by atoms with Crippen LogP contribution in [0.3, 0.4) is 0 Å². The van der Waals surface area contributed by atoms with Crippen molar-refractivity contribution in [1.82, 2.24) is 0 Å². The maximum atomic E-state index is 5.60. The smallest absolute Gasteiger partial charge is 0.163 e. The van der Waals surface area contributed by atoms with Gasteiger partial charge in [-0.25, -0.2) is 0 Å². The minimum Gasteiger partial charge on any atom is -0.350 e. The molecule has 1 atom stereocenters. The molecule has 1 aliphatic heterocycles. The van der Waals surface area contributed by atoms with Crippen LogP contribution in [0.2, 0.25) is 0 Å². The second-order valence-electron chi connectivity index (χ2n) is 4.37. The van der Waals surface area contributed by atoms with E-state index in [1.807, 2.05) is 0 Å². The van der Waals surface area contributed by atoms with E-state index in [1.54, 1.807) is 0 Å². The Morgan fingerprint density at radius 3 is 2.43 bits per heavy atom. The predicted molar refractivity (Wildman–Crippen MR) is 57.0 cm³/mol. The van der Waals surface area contributed by atoms with Gasteiger partial charge in [0.05, 0.1) is 13.2 Å². The molecule has 0 aromatic heterocycles. The lowest BCUT2D eigenvalue weighted by Crippen LogP contribution is -2.33. The van der Waals surface area contributed by atoms with Crippen LogP contribution >= 0.6 is 0 Å². The Labute approximate surface area is 86.9 Å². The minimum atomic E-state index is -0.00556. The molecule has 1 heterocycles. The molecule has 0 radical (unpaired) electrons. The van der Waals surface area contributed by atoms with Crippen LogP contribution < -0.4 is 5.73 Å². The standard InChI is InChI=1S/C11H23NO2/c1-3-5-11(2,6-4-7-12)10-13-8-9-14-10/h10H,3-9,12H2,1-2H3/t11-/m0/s1. The van der Waals surface area contributed by atoms with Gasteiger partial charge in [0, 0.05) is 5.41 Å². The van der Waals surface area contributed by atoms with E-state index < -0.39 is 0 Å². The van der Waals surface area contributed by atoms with Gasteiger partial charge in [-0.05, 0) is 25.8 Å². The summed E-state index contributed by atoms with van der Waals surface area (Å²) in [6.07, 6.45) is 4.47. The fraction of sp³-hybridized carbons (Fsp3) is 1.00. The Balaban J connectivity index is 2.49.